The van der Waals surface area contributed by atoms with Crippen molar-refractivity contribution in [2.75, 3.05) is 24.9 Å². The average Bonchev–Trinajstić information content (AvgIpc) is 2.79. The highest BCUT2D eigenvalue weighted by Crippen LogP contribution is 2.35. The van der Waals surface area contributed by atoms with Gasteiger partial charge in [0.05, 0.1) is 41.0 Å². The molecule has 3 aromatic rings. The van der Waals surface area contributed by atoms with Crippen LogP contribution in [0.15, 0.2) is 42.7 Å². The van der Waals surface area contributed by atoms with Gasteiger partial charge in [-0.05, 0) is 36.4 Å². The molecule has 13 heteroatoms. The first kappa shape index (κ1) is 23.7. The lowest BCUT2D eigenvalue weighted by Crippen LogP contribution is -2.09. The number of hydrogen-bond acceptors (Lipinski definition) is 10. The molecule has 3 rings (SSSR count). The topological polar surface area (TPSA) is 146 Å². The van der Waals surface area contributed by atoms with E-state index in [1.54, 1.807) is 6.07 Å². The molecule has 0 fully saturated rings. The molecule has 0 aliphatic heterocycles. The summed E-state index contributed by atoms with van der Waals surface area (Å²) in [5, 5.41) is 18.0. The van der Waals surface area contributed by atoms with Gasteiger partial charge in [-0.1, -0.05) is 23.2 Å². The Hall–Kier alpha value is -3.96. The Morgan fingerprint density at radius 1 is 0.939 bits per heavy atom. The number of nitro groups is 1. The quantitative estimate of drug-likeness (QED) is 0.269. The fraction of sp³-hybridized carbons (Fsp3) is 0.100. The van der Waals surface area contributed by atoms with Gasteiger partial charge in [-0.2, -0.15) is 0 Å². The predicted molar refractivity (Wildman–Crippen MR) is 121 cm³/mol. The Balaban J connectivity index is 2.05. The van der Waals surface area contributed by atoms with E-state index >= 15 is 0 Å². The van der Waals surface area contributed by atoms with Gasteiger partial charge in [-0.25, -0.2) is 19.6 Å². The molecule has 2 N–H and O–H groups in total. The zero-order chi connectivity index (χ0) is 24.1. The number of aromatic nitrogens is 2. The summed E-state index contributed by atoms with van der Waals surface area (Å²) in [4.78, 5) is 43.0. The van der Waals surface area contributed by atoms with E-state index in [0.29, 0.717) is 10.7 Å². The van der Waals surface area contributed by atoms with Gasteiger partial charge in [0.1, 0.15) is 6.33 Å². The van der Waals surface area contributed by atoms with Crippen molar-refractivity contribution >= 4 is 63.8 Å². The van der Waals surface area contributed by atoms with Crippen molar-refractivity contribution in [3.63, 3.8) is 0 Å². The molecule has 2 aromatic carbocycles. The Bertz CT molecular complexity index is 1220. The van der Waals surface area contributed by atoms with Crippen molar-refractivity contribution < 1.29 is 24.0 Å². The summed E-state index contributed by atoms with van der Waals surface area (Å²) in [5.41, 5.74) is 0.00784. The van der Waals surface area contributed by atoms with Gasteiger partial charge in [0.15, 0.2) is 0 Å². The van der Waals surface area contributed by atoms with Crippen molar-refractivity contribution in [1.82, 2.24) is 9.97 Å². The van der Waals surface area contributed by atoms with E-state index in [4.69, 9.17) is 32.7 Å². The van der Waals surface area contributed by atoms with Gasteiger partial charge in [0, 0.05) is 10.7 Å². The second kappa shape index (κ2) is 10.1. The summed E-state index contributed by atoms with van der Waals surface area (Å²) in [6.45, 7) is 0. The standard InChI is InChI=1S/C20H15Cl2N5O6/c1-32-19(28)10-5-11(20(29)33-2)7-13(6-10)25-17-16(27(30)31)18(24-9-23-17)26-15-4-3-12(21)8-14(15)22/h3-9H,1-2H3,(H2,23,24,25,26). The highest BCUT2D eigenvalue weighted by Gasteiger charge is 2.25. The van der Waals surface area contributed by atoms with Crippen LogP contribution in [0.3, 0.4) is 0 Å². The third kappa shape index (κ3) is 5.45. The second-order valence-corrected chi connectivity index (χ2v) is 7.18. The zero-order valence-corrected chi connectivity index (χ0v) is 18.6. The second-order valence-electron chi connectivity index (χ2n) is 6.33. The van der Waals surface area contributed by atoms with Crippen molar-refractivity contribution in [3.05, 3.63) is 74.0 Å². The van der Waals surface area contributed by atoms with Crippen LogP contribution in [0, 0.1) is 10.1 Å². The van der Waals surface area contributed by atoms with E-state index in [1.165, 1.54) is 44.6 Å². The lowest BCUT2D eigenvalue weighted by atomic mass is 10.1. The monoisotopic (exact) mass is 491 g/mol. The molecule has 0 aliphatic rings. The molecule has 0 aliphatic carbocycles. The fourth-order valence-electron chi connectivity index (χ4n) is 2.76. The minimum absolute atomic E-state index is 0.0194. The molecule has 0 spiro atoms. The Morgan fingerprint density at radius 3 is 2.03 bits per heavy atom. The van der Waals surface area contributed by atoms with Crippen molar-refractivity contribution in [2.45, 2.75) is 0 Å². The van der Waals surface area contributed by atoms with Crippen molar-refractivity contribution in [1.29, 1.82) is 0 Å². The van der Waals surface area contributed by atoms with Crippen LogP contribution < -0.4 is 10.6 Å². The first-order valence-electron chi connectivity index (χ1n) is 9.03. The highest BCUT2D eigenvalue weighted by atomic mass is 35.5. The number of hydrogen-bond donors (Lipinski definition) is 2. The van der Waals surface area contributed by atoms with E-state index in [1.807, 2.05) is 0 Å². The third-order valence-corrected chi connectivity index (χ3v) is 4.77. The zero-order valence-electron chi connectivity index (χ0n) is 17.1. The Labute approximate surface area is 196 Å². The third-order valence-electron chi connectivity index (χ3n) is 4.23. The van der Waals surface area contributed by atoms with Gasteiger partial charge >= 0.3 is 17.6 Å². The maximum absolute atomic E-state index is 12.0. The summed E-state index contributed by atoms with van der Waals surface area (Å²) in [7, 11) is 2.35. The minimum Gasteiger partial charge on any atom is -0.465 e. The Morgan fingerprint density at radius 2 is 1.52 bits per heavy atom. The minimum atomic E-state index is -0.722. The number of rotatable bonds is 7. The van der Waals surface area contributed by atoms with Gasteiger partial charge in [-0.15, -0.1) is 0 Å². The number of nitrogens with one attached hydrogen (secondary N) is 2. The van der Waals surface area contributed by atoms with Crippen LogP contribution in [0.1, 0.15) is 20.7 Å². The predicted octanol–water partition coefficient (Wildman–Crippen LogP) is 4.75. The SMILES string of the molecule is COC(=O)c1cc(Nc2ncnc(Nc3ccc(Cl)cc3Cl)c2[N+](=O)[O-])cc(C(=O)OC)c1. The smallest absolute Gasteiger partial charge is 0.353 e. The number of ether oxygens (including phenoxy) is 2. The number of nitrogens with zero attached hydrogens (tertiary/aromatic N) is 3. The van der Waals surface area contributed by atoms with Crippen molar-refractivity contribution in [2.24, 2.45) is 0 Å². The molecule has 11 nitrogen and oxygen atoms in total. The number of carbonyl (C=O) groups excluding carboxylic acids is 2. The molecular weight excluding hydrogens is 477 g/mol. The molecule has 0 amide bonds. The lowest BCUT2D eigenvalue weighted by Gasteiger charge is -2.12. The molecule has 0 radical (unpaired) electrons. The summed E-state index contributed by atoms with van der Waals surface area (Å²) in [6.07, 6.45) is 1.09. The van der Waals surface area contributed by atoms with Crippen LogP contribution in [-0.4, -0.2) is 41.0 Å². The normalized spacial score (nSPS) is 10.3. The molecule has 0 bridgehead atoms. The Kier molecular flexibility index (Phi) is 7.26. The van der Waals surface area contributed by atoms with E-state index in [0.717, 1.165) is 6.33 Å². The number of carbonyl (C=O) groups is 2. The van der Waals surface area contributed by atoms with Crippen LogP contribution in [0.4, 0.5) is 28.7 Å². The number of methoxy groups -OCH3 is 2. The molecule has 1 aromatic heterocycles. The number of halogens is 2. The first-order chi connectivity index (χ1) is 15.7. The van der Waals surface area contributed by atoms with E-state index in [9.17, 15) is 19.7 Å². The average molecular weight is 492 g/mol. The summed E-state index contributed by atoms with van der Waals surface area (Å²) in [5.74, 6) is -1.80. The number of anilines is 4. The highest BCUT2D eigenvalue weighted by molar-refractivity contribution is 6.36. The van der Waals surface area contributed by atoms with E-state index in [-0.39, 0.29) is 33.5 Å². The van der Waals surface area contributed by atoms with Crippen LogP contribution in [-0.2, 0) is 9.47 Å². The van der Waals surface area contributed by atoms with Crippen LogP contribution in [0.5, 0.6) is 0 Å². The van der Waals surface area contributed by atoms with Crippen molar-refractivity contribution in [3.8, 4) is 0 Å². The van der Waals surface area contributed by atoms with Gasteiger partial charge in [-0.3, -0.25) is 10.1 Å². The lowest BCUT2D eigenvalue weighted by molar-refractivity contribution is -0.383. The fourth-order valence-corrected chi connectivity index (χ4v) is 3.22. The maximum atomic E-state index is 12.0. The van der Waals surface area contributed by atoms with Gasteiger partial charge < -0.3 is 20.1 Å². The number of benzene rings is 2. The van der Waals surface area contributed by atoms with Gasteiger partial charge in [0.2, 0.25) is 11.6 Å². The summed E-state index contributed by atoms with van der Waals surface area (Å²) in [6, 6.07) is 8.50. The molecule has 170 valence electrons. The van der Waals surface area contributed by atoms with E-state index < -0.39 is 22.5 Å². The maximum Gasteiger partial charge on any atom is 0.353 e. The van der Waals surface area contributed by atoms with Crippen LogP contribution in [0.2, 0.25) is 10.0 Å². The molecule has 0 saturated carbocycles. The molecule has 0 unspecified atom stereocenters. The molecule has 33 heavy (non-hydrogen) atoms. The molecular formula is C20H15Cl2N5O6. The summed E-state index contributed by atoms with van der Waals surface area (Å²) >= 11 is 12.0. The molecule has 1 heterocycles. The molecule has 0 atom stereocenters. The van der Waals surface area contributed by atoms with Crippen LogP contribution >= 0.6 is 23.2 Å². The number of esters is 2. The first-order valence-corrected chi connectivity index (χ1v) is 9.79. The van der Waals surface area contributed by atoms with E-state index in [2.05, 4.69) is 20.6 Å². The largest absolute Gasteiger partial charge is 0.465 e. The van der Waals surface area contributed by atoms with Crippen LogP contribution in [0.25, 0.3) is 0 Å². The molecule has 0 saturated heterocycles. The van der Waals surface area contributed by atoms with Gasteiger partial charge in [0.25, 0.3) is 0 Å². The summed E-state index contributed by atoms with van der Waals surface area (Å²) < 4.78 is 9.38.